The first kappa shape index (κ1) is 22.3. The molecule has 0 saturated heterocycles. The number of halogens is 5. The molecule has 2 rings (SSSR count). The number of hydrogen-bond acceptors (Lipinski definition) is 2. The van der Waals surface area contributed by atoms with Crippen molar-refractivity contribution in [2.24, 2.45) is 0 Å². The molecule has 0 fully saturated rings. The summed E-state index contributed by atoms with van der Waals surface area (Å²) >= 11 is 0. The Balaban J connectivity index is 1.98. The van der Waals surface area contributed by atoms with Crippen LogP contribution < -0.4 is 15.5 Å². The summed E-state index contributed by atoms with van der Waals surface area (Å²) in [7, 11) is 0. The van der Waals surface area contributed by atoms with Gasteiger partial charge in [-0.25, -0.2) is 8.78 Å². The van der Waals surface area contributed by atoms with Crippen LogP contribution in [0.25, 0.3) is 0 Å². The molecular weight excluding hydrogens is 397 g/mol. The Labute approximate surface area is 163 Å². The van der Waals surface area contributed by atoms with Crippen LogP contribution in [0.1, 0.15) is 12.5 Å². The van der Waals surface area contributed by atoms with E-state index in [1.54, 1.807) is 6.92 Å². The molecule has 0 aliphatic rings. The zero-order valence-electron chi connectivity index (χ0n) is 15.4. The van der Waals surface area contributed by atoms with Crippen LogP contribution >= 0.6 is 0 Å². The fourth-order valence-corrected chi connectivity index (χ4v) is 2.59. The van der Waals surface area contributed by atoms with E-state index in [-0.39, 0.29) is 24.5 Å². The van der Waals surface area contributed by atoms with Crippen molar-refractivity contribution < 1.29 is 36.4 Å². The van der Waals surface area contributed by atoms with Crippen LogP contribution in [-0.4, -0.2) is 31.4 Å². The number of carbonyl (C=O) groups is 2. The van der Waals surface area contributed by atoms with Crippen LogP contribution in [0.15, 0.2) is 42.5 Å². The lowest BCUT2D eigenvalue weighted by molar-refractivity contribution is -0.881. The molecule has 0 spiro atoms. The summed E-state index contributed by atoms with van der Waals surface area (Å²) < 4.78 is 65.8. The number of rotatable bonds is 7. The molecule has 3 N–H and O–H groups in total. The quantitative estimate of drug-likeness (QED) is 0.608. The third-order valence-corrected chi connectivity index (χ3v) is 4.03. The second-order valence-electron chi connectivity index (χ2n) is 6.22. The number of amides is 2. The minimum absolute atomic E-state index is 0.263. The monoisotopic (exact) mass is 416 g/mol. The Morgan fingerprint density at radius 2 is 1.52 bits per heavy atom. The van der Waals surface area contributed by atoms with Crippen molar-refractivity contribution in [2.45, 2.75) is 13.1 Å². The number of benzene rings is 2. The van der Waals surface area contributed by atoms with Gasteiger partial charge < -0.3 is 15.5 Å². The number of hydrogen-bond donors (Lipinski definition) is 3. The Morgan fingerprint density at radius 1 is 0.931 bits per heavy atom. The summed E-state index contributed by atoms with van der Waals surface area (Å²) in [5.74, 6) is -2.94. The van der Waals surface area contributed by atoms with Crippen LogP contribution in [0.5, 0.6) is 0 Å². The van der Waals surface area contributed by atoms with Gasteiger partial charge in [-0.05, 0) is 31.2 Å². The van der Waals surface area contributed by atoms with Crippen LogP contribution in [0.4, 0.5) is 33.3 Å². The van der Waals surface area contributed by atoms with E-state index in [9.17, 15) is 31.5 Å². The highest BCUT2D eigenvalue weighted by Gasteiger charge is 2.33. The maximum atomic E-state index is 13.6. The molecule has 1 unspecified atom stereocenters. The summed E-state index contributed by atoms with van der Waals surface area (Å²) in [5.41, 5.74) is -1.70. The minimum atomic E-state index is -4.63. The van der Waals surface area contributed by atoms with Crippen LogP contribution in [0.2, 0.25) is 0 Å². The third-order valence-electron chi connectivity index (χ3n) is 4.03. The number of quaternary nitrogens is 1. The topological polar surface area (TPSA) is 62.6 Å². The Hall–Kier alpha value is -3.01. The molecule has 2 amide bonds. The van der Waals surface area contributed by atoms with Gasteiger partial charge in [-0.15, -0.1) is 0 Å². The molecular formula is C19H19F5N3O2+. The molecule has 0 heterocycles. The van der Waals surface area contributed by atoms with E-state index in [2.05, 4.69) is 10.6 Å². The van der Waals surface area contributed by atoms with Gasteiger partial charge in [0.1, 0.15) is 11.6 Å². The van der Waals surface area contributed by atoms with Crippen molar-refractivity contribution in [3.05, 3.63) is 59.7 Å². The fraction of sp³-hybridized carbons (Fsp3) is 0.263. The summed E-state index contributed by atoms with van der Waals surface area (Å²) in [5, 5.41) is 4.41. The molecule has 2 aromatic rings. The predicted molar refractivity (Wildman–Crippen MR) is 96.3 cm³/mol. The standard InChI is InChI=1S/C19H18F5N3O2/c1-2-27(11-18(29)26-16-9-12(20)7-8-14(16)21)10-17(28)25-15-6-4-3-5-13(15)19(22,23)24/h3-9H,2,10-11H2,1H3,(H,25,28)(H,26,29)/p+1. The van der Waals surface area contributed by atoms with E-state index in [4.69, 9.17) is 0 Å². The van der Waals surface area contributed by atoms with Gasteiger partial charge in [0.05, 0.1) is 23.5 Å². The van der Waals surface area contributed by atoms with Gasteiger partial charge in [0.25, 0.3) is 11.8 Å². The van der Waals surface area contributed by atoms with Gasteiger partial charge in [0, 0.05) is 6.07 Å². The van der Waals surface area contributed by atoms with Crippen molar-refractivity contribution in [3.8, 4) is 0 Å². The van der Waals surface area contributed by atoms with E-state index in [1.807, 2.05) is 0 Å². The molecule has 1 atom stereocenters. The largest absolute Gasteiger partial charge is 0.418 e. The lowest BCUT2D eigenvalue weighted by Gasteiger charge is -2.18. The summed E-state index contributed by atoms with van der Waals surface area (Å²) in [4.78, 5) is 24.6. The van der Waals surface area contributed by atoms with Crippen molar-refractivity contribution >= 4 is 23.2 Å². The average Bonchev–Trinajstić information content (AvgIpc) is 2.63. The first-order valence-corrected chi connectivity index (χ1v) is 8.64. The fourth-order valence-electron chi connectivity index (χ4n) is 2.59. The molecule has 29 heavy (non-hydrogen) atoms. The van der Waals surface area contributed by atoms with Crippen LogP contribution in [-0.2, 0) is 15.8 Å². The zero-order valence-corrected chi connectivity index (χ0v) is 15.4. The number of para-hydroxylation sites is 1. The molecule has 0 aliphatic carbocycles. The highest BCUT2D eigenvalue weighted by atomic mass is 19.4. The maximum absolute atomic E-state index is 13.6. The number of carbonyl (C=O) groups excluding carboxylic acids is 2. The Bertz CT molecular complexity index is 886. The molecule has 5 nitrogen and oxygen atoms in total. The Morgan fingerprint density at radius 3 is 2.10 bits per heavy atom. The SMILES string of the molecule is CC[NH+](CC(=O)Nc1cc(F)ccc1F)CC(=O)Nc1ccccc1C(F)(F)F. The van der Waals surface area contributed by atoms with Gasteiger partial charge in [0.15, 0.2) is 13.1 Å². The highest BCUT2D eigenvalue weighted by Crippen LogP contribution is 2.34. The highest BCUT2D eigenvalue weighted by molar-refractivity contribution is 5.93. The number of alkyl halides is 3. The van der Waals surface area contributed by atoms with Gasteiger partial charge in [0.2, 0.25) is 0 Å². The lowest BCUT2D eigenvalue weighted by Crippen LogP contribution is -3.13. The zero-order chi connectivity index (χ0) is 21.6. The lowest BCUT2D eigenvalue weighted by atomic mass is 10.1. The molecule has 0 aromatic heterocycles. The average molecular weight is 416 g/mol. The second-order valence-corrected chi connectivity index (χ2v) is 6.22. The normalized spacial score (nSPS) is 12.3. The first-order valence-electron chi connectivity index (χ1n) is 8.64. The van der Waals surface area contributed by atoms with E-state index < -0.39 is 35.2 Å². The summed E-state index contributed by atoms with van der Waals surface area (Å²) in [6.07, 6.45) is -4.63. The molecule has 156 valence electrons. The minimum Gasteiger partial charge on any atom is -0.321 e. The molecule has 0 bridgehead atoms. The molecule has 0 radical (unpaired) electrons. The Kier molecular flexibility index (Phi) is 7.27. The van der Waals surface area contributed by atoms with Crippen molar-refractivity contribution in [1.29, 1.82) is 0 Å². The third kappa shape index (κ3) is 6.53. The molecule has 0 saturated carbocycles. The van der Waals surface area contributed by atoms with Gasteiger partial charge in [-0.1, -0.05) is 12.1 Å². The number of anilines is 2. The molecule has 10 heteroatoms. The van der Waals surface area contributed by atoms with Gasteiger partial charge in [-0.2, -0.15) is 13.2 Å². The molecule has 0 aliphatic heterocycles. The van der Waals surface area contributed by atoms with E-state index >= 15 is 0 Å². The van der Waals surface area contributed by atoms with Crippen LogP contribution in [0, 0.1) is 11.6 Å². The summed E-state index contributed by atoms with van der Waals surface area (Å²) in [6, 6.07) is 7.12. The smallest absolute Gasteiger partial charge is 0.321 e. The van der Waals surface area contributed by atoms with Crippen molar-refractivity contribution in [3.63, 3.8) is 0 Å². The second kappa shape index (κ2) is 9.46. The van der Waals surface area contributed by atoms with E-state index in [0.717, 1.165) is 30.3 Å². The van der Waals surface area contributed by atoms with Gasteiger partial charge >= 0.3 is 6.18 Å². The predicted octanol–water partition coefficient (Wildman–Crippen LogP) is 2.47. The van der Waals surface area contributed by atoms with Gasteiger partial charge in [-0.3, -0.25) is 9.59 Å². The number of likely N-dealkylation sites (N-methyl/N-ethyl adjacent to an activating group) is 1. The van der Waals surface area contributed by atoms with E-state index in [0.29, 0.717) is 11.4 Å². The van der Waals surface area contributed by atoms with E-state index in [1.165, 1.54) is 12.1 Å². The van der Waals surface area contributed by atoms with Crippen LogP contribution in [0.3, 0.4) is 0 Å². The van der Waals surface area contributed by atoms with Crippen molar-refractivity contribution in [1.82, 2.24) is 0 Å². The first-order chi connectivity index (χ1) is 13.6. The molecule has 2 aromatic carbocycles. The maximum Gasteiger partial charge on any atom is 0.418 e. The summed E-state index contributed by atoms with van der Waals surface area (Å²) in [6.45, 7) is 1.41. The number of nitrogens with one attached hydrogen (secondary N) is 3. The van der Waals surface area contributed by atoms with Crippen molar-refractivity contribution in [2.75, 3.05) is 30.3 Å².